The Morgan fingerprint density at radius 1 is 1.35 bits per heavy atom. The Labute approximate surface area is 118 Å². The molecule has 0 atom stereocenters. The molecule has 2 aromatic rings. The number of aromatic nitrogens is 1. The second kappa shape index (κ2) is 6.23. The molecule has 1 amide bonds. The van der Waals surface area contributed by atoms with E-state index in [4.69, 9.17) is 4.52 Å². The van der Waals surface area contributed by atoms with Crippen molar-refractivity contribution in [1.29, 1.82) is 0 Å². The van der Waals surface area contributed by atoms with Gasteiger partial charge in [-0.15, -0.1) is 0 Å². The normalized spacial score (nSPS) is 10.3. The highest BCUT2D eigenvalue weighted by atomic mass is 16.5. The van der Waals surface area contributed by atoms with Crippen molar-refractivity contribution in [2.45, 2.75) is 27.2 Å². The third kappa shape index (κ3) is 3.38. The van der Waals surface area contributed by atoms with Gasteiger partial charge in [0.1, 0.15) is 5.76 Å². The molecule has 2 rings (SSSR count). The number of rotatable bonds is 5. The molecular weight excluding hydrogens is 254 g/mol. The van der Waals surface area contributed by atoms with Crippen LogP contribution in [0.3, 0.4) is 0 Å². The summed E-state index contributed by atoms with van der Waals surface area (Å²) in [5, 5.41) is 9.60. The Kier molecular flexibility index (Phi) is 4.40. The third-order valence-corrected chi connectivity index (χ3v) is 3.06. The highest BCUT2D eigenvalue weighted by Gasteiger charge is 2.08. The maximum atomic E-state index is 11.9. The molecule has 1 aromatic carbocycles. The summed E-state index contributed by atoms with van der Waals surface area (Å²) >= 11 is 0. The van der Waals surface area contributed by atoms with Crippen LogP contribution < -0.4 is 10.6 Å². The summed E-state index contributed by atoms with van der Waals surface area (Å²) in [7, 11) is 0. The quantitative estimate of drug-likeness (QED) is 0.879. The number of benzene rings is 1. The standard InChI is InChI=1S/C15H19N3O2/c1-4-12-7-5-6-10(2)15(12)16-9-14(19)17-13-8-11(3)20-18-13/h5-8,16H,4,9H2,1-3H3,(H,17,18,19). The molecule has 5 nitrogen and oxygen atoms in total. The number of hydrogen-bond acceptors (Lipinski definition) is 4. The lowest BCUT2D eigenvalue weighted by atomic mass is 10.1. The number of anilines is 2. The van der Waals surface area contributed by atoms with Crippen molar-refractivity contribution < 1.29 is 9.32 Å². The molecule has 1 aromatic heterocycles. The van der Waals surface area contributed by atoms with Crippen molar-refractivity contribution in [2.75, 3.05) is 17.2 Å². The zero-order valence-electron chi connectivity index (χ0n) is 12.0. The number of aryl methyl sites for hydroxylation is 3. The number of para-hydroxylation sites is 1. The van der Waals surface area contributed by atoms with Crippen LogP contribution in [0, 0.1) is 13.8 Å². The summed E-state index contributed by atoms with van der Waals surface area (Å²) in [6, 6.07) is 7.80. The van der Waals surface area contributed by atoms with Gasteiger partial charge < -0.3 is 15.2 Å². The minimum absolute atomic E-state index is 0.149. The van der Waals surface area contributed by atoms with Gasteiger partial charge in [0.05, 0.1) is 6.54 Å². The second-order valence-electron chi connectivity index (χ2n) is 4.69. The van der Waals surface area contributed by atoms with Gasteiger partial charge in [-0.25, -0.2) is 0 Å². The average molecular weight is 273 g/mol. The molecule has 0 saturated carbocycles. The maximum Gasteiger partial charge on any atom is 0.244 e. The first-order chi connectivity index (χ1) is 9.60. The zero-order valence-corrected chi connectivity index (χ0v) is 12.0. The van der Waals surface area contributed by atoms with E-state index in [1.54, 1.807) is 13.0 Å². The minimum atomic E-state index is -0.149. The van der Waals surface area contributed by atoms with E-state index >= 15 is 0 Å². The predicted octanol–water partition coefficient (Wildman–Crippen LogP) is 2.90. The van der Waals surface area contributed by atoms with Crippen LogP contribution in [0.4, 0.5) is 11.5 Å². The van der Waals surface area contributed by atoms with E-state index < -0.39 is 0 Å². The molecule has 106 valence electrons. The monoisotopic (exact) mass is 273 g/mol. The number of carbonyl (C=O) groups excluding carboxylic acids is 1. The van der Waals surface area contributed by atoms with E-state index in [1.165, 1.54) is 5.56 Å². The molecule has 0 spiro atoms. The lowest BCUT2D eigenvalue weighted by Gasteiger charge is -2.13. The first-order valence-electron chi connectivity index (χ1n) is 6.65. The van der Waals surface area contributed by atoms with Gasteiger partial charge in [0.25, 0.3) is 0 Å². The van der Waals surface area contributed by atoms with Crippen LogP contribution in [-0.4, -0.2) is 17.6 Å². The highest BCUT2D eigenvalue weighted by Crippen LogP contribution is 2.20. The lowest BCUT2D eigenvalue weighted by molar-refractivity contribution is -0.114. The Morgan fingerprint density at radius 3 is 2.80 bits per heavy atom. The van der Waals surface area contributed by atoms with Crippen molar-refractivity contribution in [3.63, 3.8) is 0 Å². The van der Waals surface area contributed by atoms with Gasteiger partial charge in [0.2, 0.25) is 5.91 Å². The van der Waals surface area contributed by atoms with Crippen LogP contribution in [0.5, 0.6) is 0 Å². The van der Waals surface area contributed by atoms with E-state index in [0.717, 1.165) is 17.7 Å². The summed E-state index contributed by atoms with van der Waals surface area (Å²) in [4.78, 5) is 11.9. The Morgan fingerprint density at radius 2 is 2.15 bits per heavy atom. The maximum absolute atomic E-state index is 11.9. The molecular formula is C15H19N3O2. The van der Waals surface area contributed by atoms with Crippen molar-refractivity contribution >= 4 is 17.4 Å². The molecule has 20 heavy (non-hydrogen) atoms. The van der Waals surface area contributed by atoms with Gasteiger partial charge in [-0.05, 0) is 31.4 Å². The fourth-order valence-corrected chi connectivity index (χ4v) is 2.06. The molecule has 0 bridgehead atoms. The number of nitrogens with zero attached hydrogens (tertiary/aromatic N) is 1. The number of carbonyl (C=O) groups is 1. The van der Waals surface area contributed by atoms with Gasteiger partial charge in [-0.1, -0.05) is 30.3 Å². The Bertz CT molecular complexity index is 605. The minimum Gasteiger partial charge on any atom is -0.376 e. The van der Waals surface area contributed by atoms with E-state index in [9.17, 15) is 4.79 Å². The third-order valence-electron chi connectivity index (χ3n) is 3.06. The topological polar surface area (TPSA) is 67.2 Å². The van der Waals surface area contributed by atoms with Crippen molar-refractivity contribution in [3.8, 4) is 0 Å². The summed E-state index contributed by atoms with van der Waals surface area (Å²) in [6.07, 6.45) is 0.925. The highest BCUT2D eigenvalue weighted by molar-refractivity contribution is 5.93. The van der Waals surface area contributed by atoms with Crippen LogP contribution in [-0.2, 0) is 11.2 Å². The predicted molar refractivity (Wildman–Crippen MR) is 78.9 cm³/mol. The summed E-state index contributed by atoms with van der Waals surface area (Å²) < 4.78 is 4.90. The largest absolute Gasteiger partial charge is 0.376 e. The Hall–Kier alpha value is -2.30. The van der Waals surface area contributed by atoms with Crippen LogP contribution in [0.1, 0.15) is 23.8 Å². The van der Waals surface area contributed by atoms with E-state index in [1.807, 2.05) is 19.1 Å². The molecule has 0 aliphatic heterocycles. The van der Waals surface area contributed by atoms with Crippen molar-refractivity contribution in [2.24, 2.45) is 0 Å². The molecule has 2 N–H and O–H groups in total. The summed E-state index contributed by atoms with van der Waals surface area (Å²) in [5.74, 6) is 0.957. The molecule has 1 heterocycles. The van der Waals surface area contributed by atoms with Crippen LogP contribution >= 0.6 is 0 Å². The van der Waals surface area contributed by atoms with E-state index in [2.05, 4.69) is 28.8 Å². The number of nitrogens with one attached hydrogen (secondary N) is 2. The number of amides is 1. The van der Waals surface area contributed by atoms with Gasteiger partial charge >= 0.3 is 0 Å². The molecule has 0 aliphatic rings. The summed E-state index contributed by atoms with van der Waals surface area (Å²) in [5.41, 5.74) is 3.37. The fraction of sp³-hybridized carbons (Fsp3) is 0.333. The van der Waals surface area contributed by atoms with Gasteiger partial charge in [0.15, 0.2) is 5.82 Å². The molecule has 0 fully saturated rings. The first-order valence-corrected chi connectivity index (χ1v) is 6.65. The van der Waals surface area contributed by atoms with Crippen LogP contribution in [0.2, 0.25) is 0 Å². The smallest absolute Gasteiger partial charge is 0.244 e. The number of hydrogen-bond donors (Lipinski definition) is 2. The summed E-state index contributed by atoms with van der Waals surface area (Å²) in [6.45, 7) is 6.10. The van der Waals surface area contributed by atoms with Crippen LogP contribution in [0.25, 0.3) is 0 Å². The lowest BCUT2D eigenvalue weighted by Crippen LogP contribution is -2.22. The molecule has 0 radical (unpaired) electrons. The van der Waals surface area contributed by atoms with Crippen LogP contribution in [0.15, 0.2) is 28.8 Å². The van der Waals surface area contributed by atoms with Gasteiger partial charge in [-0.2, -0.15) is 0 Å². The molecule has 0 unspecified atom stereocenters. The SMILES string of the molecule is CCc1cccc(C)c1NCC(=O)Nc1cc(C)on1. The molecule has 0 saturated heterocycles. The average Bonchev–Trinajstić information content (AvgIpc) is 2.82. The molecule has 5 heteroatoms. The zero-order chi connectivity index (χ0) is 14.5. The second-order valence-corrected chi connectivity index (χ2v) is 4.69. The Balaban J connectivity index is 1.97. The molecule has 0 aliphatic carbocycles. The first kappa shape index (κ1) is 14.1. The van der Waals surface area contributed by atoms with Gasteiger partial charge in [0, 0.05) is 11.8 Å². The van der Waals surface area contributed by atoms with Crippen molar-refractivity contribution in [1.82, 2.24) is 5.16 Å². The van der Waals surface area contributed by atoms with E-state index in [-0.39, 0.29) is 12.5 Å². The van der Waals surface area contributed by atoms with E-state index in [0.29, 0.717) is 11.6 Å². The van der Waals surface area contributed by atoms with Gasteiger partial charge in [-0.3, -0.25) is 4.79 Å². The fourth-order valence-electron chi connectivity index (χ4n) is 2.06. The van der Waals surface area contributed by atoms with Crippen molar-refractivity contribution in [3.05, 3.63) is 41.2 Å².